The molecule has 1 aliphatic rings. The van der Waals surface area contributed by atoms with E-state index in [2.05, 4.69) is 0 Å². The van der Waals surface area contributed by atoms with Gasteiger partial charge in [-0.3, -0.25) is 0 Å². The van der Waals surface area contributed by atoms with Crippen molar-refractivity contribution in [2.24, 2.45) is 0 Å². The summed E-state index contributed by atoms with van der Waals surface area (Å²) < 4.78 is 0. The molecule has 0 amide bonds. The van der Waals surface area contributed by atoms with E-state index in [1.807, 2.05) is 42.5 Å². The van der Waals surface area contributed by atoms with Gasteiger partial charge in [-0.05, 0) is 5.57 Å². The highest BCUT2D eigenvalue weighted by Gasteiger charge is 1.84. The molecule has 0 aromatic carbocycles. The zero-order valence-electron chi connectivity index (χ0n) is 5.49. The number of hydrogen-bond acceptors (Lipinski definition) is 1. The standard InChI is InChI=1S/C9H7N/c10-8-7-9-5-3-1-2-4-6-9/h1-7H. The number of hydrogen-bond donors (Lipinski definition) is 0. The molecule has 0 fully saturated rings. The van der Waals surface area contributed by atoms with Crippen LogP contribution in [0.25, 0.3) is 0 Å². The van der Waals surface area contributed by atoms with Gasteiger partial charge in [0.25, 0.3) is 0 Å². The Balaban J connectivity index is 2.85. The van der Waals surface area contributed by atoms with Crippen LogP contribution in [0.2, 0.25) is 0 Å². The summed E-state index contributed by atoms with van der Waals surface area (Å²) in [5, 5.41) is 8.30. The van der Waals surface area contributed by atoms with E-state index in [1.165, 1.54) is 6.08 Å². The van der Waals surface area contributed by atoms with Crippen molar-refractivity contribution >= 4 is 0 Å². The monoisotopic (exact) mass is 129 g/mol. The first-order valence-corrected chi connectivity index (χ1v) is 3.04. The Bertz CT molecular complexity index is 241. The average molecular weight is 129 g/mol. The lowest BCUT2D eigenvalue weighted by atomic mass is 10.2. The number of rotatable bonds is 0. The second kappa shape index (κ2) is 3.47. The number of nitriles is 1. The van der Waals surface area contributed by atoms with Gasteiger partial charge in [-0.1, -0.05) is 36.5 Å². The Labute approximate surface area is 60.3 Å². The zero-order valence-corrected chi connectivity index (χ0v) is 5.49. The average Bonchev–Trinajstić information content (AvgIpc) is 2.17. The van der Waals surface area contributed by atoms with Gasteiger partial charge < -0.3 is 0 Å². The molecule has 0 aromatic heterocycles. The highest BCUT2D eigenvalue weighted by atomic mass is 14.2. The summed E-state index contributed by atoms with van der Waals surface area (Å²) in [6.07, 6.45) is 13.0. The lowest BCUT2D eigenvalue weighted by molar-refractivity contribution is 1.52. The molecule has 48 valence electrons. The van der Waals surface area contributed by atoms with Crippen molar-refractivity contribution < 1.29 is 0 Å². The minimum atomic E-state index is 0.938. The van der Waals surface area contributed by atoms with Crippen molar-refractivity contribution in [2.45, 2.75) is 0 Å². The van der Waals surface area contributed by atoms with E-state index in [9.17, 15) is 0 Å². The quantitative estimate of drug-likeness (QED) is 0.459. The summed E-state index contributed by atoms with van der Waals surface area (Å²) >= 11 is 0. The van der Waals surface area contributed by atoms with Crippen LogP contribution >= 0.6 is 0 Å². The third-order valence-electron chi connectivity index (χ3n) is 1.14. The van der Waals surface area contributed by atoms with Crippen LogP contribution in [0.4, 0.5) is 0 Å². The van der Waals surface area contributed by atoms with Crippen LogP contribution in [0.15, 0.2) is 48.1 Å². The molecule has 0 aliphatic heterocycles. The summed E-state index contributed by atoms with van der Waals surface area (Å²) in [7, 11) is 0. The third-order valence-corrected chi connectivity index (χ3v) is 1.14. The molecule has 1 nitrogen and oxygen atoms in total. The molecule has 0 unspecified atom stereocenters. The molecule has 0 atom stereocenters. The normalized spacial score (nSPS) is 14.5. The molecule has 0 saturated carbocycles. The van der Waals surface area contributed by atoms with Crippen molar-refractivity contribution in [3.05, 3.63) is 48.1 Å². The molecule has 0 radical (unpaired) electrons. The van der Waals surface area contributed by atoms with Crippen molar-refractivity contribution in [3.8, 4) is 6.07 Å². The Morgan fingerprint density at radius 3 is 2.20 bits per heavy atom. The van der Waals surface area contributed by atoms with Gasteiger partial charge in [-0.25, -0.2) is 0 Å². The van der Waals surface area contributed by atoms with Crippen LogP contribution in [-0.4, -0.2) is 0 Å². The van der Waals surface area contributed by atoms with Crippen molar-refractivity contribution in [2.75, 3.05) is 0 Å². The van der Waals surface area contributed by atoms with Gasteiger partial charge in [-0.15, -0.1) is 0 Å². The summed E-state index contributed by atoms with van der Waals surface area (Å²) in [4.78, 5) is 0. The van der Waals surface area contributed by atoms with E-state index in [1.54, 1.807) is 0 Å². The number of allylic oxidation sites excluding steroid dienone is 8. The maximum Gasteiger partial charge on any atom is 0.0918 e. The van der Waals surface area contributed by atoms with Crippen LogP contribution in [0.3, 0.4) is 0 Å². The predicted octanol–water partition coefficient (Wildman–Crippen LogP) is 2.12. The first-order valence-electron chi connectivity index (χ1n) is 3.04. The highest BCUT2D eigenvalue weighted by molar-refractivity contribution is 5.39. The van der Waals surface area contributed by atoms with Gasteiger partial charge in [0, 0.05) is 6.08 Å². The largest absolute Gasteiger partial charge is 0.193 e. The molecule has 0 bridgehead atoms. The molecule has 0 N–H and O–H groups in total. The summed E-state index contributed by atoms with van der Waals surface area (Å²) in [6, 6.07) is 1.97. The Morgan fingerprint density at radius 2 is 1.70 bits per heavy atom. The topological polar surface area (TPSA) is 23.8 Å². The van der Waals surface area contributed by atoms with Crippen molar-refractivity contribution in [3.63, 3.8) is 0 Å². The molecule has 10 heavy (non-hydrogen) atoms. The van der Waals surface area contributed by atoms with Gasteiger partial charge in [0.1, 0.15) is 0 Å². The van der Waals surface area contributed by atoms with E-state index in [4.69, 9.17) is 5.26 Å². The molecule has 0 aromatic rings. The highest BCUT2D eigenvalue weighted by Crippen LogP contribution is 2.02. The van der Waals surface area contributed by atoms with E-state index in [0.717, 1.165) is 5.57 Å². The molecule has 0 heterocycles. The third kappa shape index (κ3) is 1.75. The summed E-state index contributed by atoms with van der Waals surface area (Å²) in [5.74, 6) is 0. The Hall–Kier alpha value is -1.55. The molecule has 0 spiro atoms. The van der Waals surface area contributed by atoms with Crippen LogP contribution in [0.5, 0.6) is 0 Å². The lowest BCUT2D eigenvalue weighted by Crippen LogP contribution is -1.66. The van der Waals surface area contributed by atoms with Gasteiger partial charge in [0.15, 0.2) is 0 Å². The van der Waals surface area contributed by atoms with E-state index >= 15 is 0 Å². The van der Waals surface area contributed by atoms with Crippen LogP contribution in [0, 0.1) is 11.3 Å². The van der Waals surface area contributed by atoms with Gasteiger partial charge >= 0.3 is 0 Å². The molecular weight excluding hydrogens is 122 g/mol. The van der Waals surface area contributed by atoms with Crippen molar-refractivity contribution in [1.29, 1.82) is 5.26 Å². The van der Waals surface area contributed by atoms with Crippen molar-refractivity contribution in [1.82, 2.24) is 0 Å². The smallest absolute Gasteiger partial charge is 0.0918 e. The molecule has 1 heteroatoms. The van der Waals surface area contributed by atoms with Gasteiger partial charge in [0.2, 0.25) is 0 Å². The van der Waals surface area contributed by atoms with Crippen LogP contribution in [-0.2, 0) is 0 Å². The Kier molecular flexibility index (Phi) is 2.28. The Morgan fingerprint density at radius 1 is 1.10 bits per heavy atom. The molecule has 1 rings (SSSR count). The molecular formula is C9H7N. The molecule has 1 aliphatic carbocycles. The zero-order chi connectivity index (χ0) is 7.23. The fourth-order valence-electron chi connectivity index (χ4n) is 0.688. The second-order valence-corrected chi connectivity index (χ2v) is 1.88. The predicted molar refractivity (Wildman–Crippen MR) is 41.1 cm³/mol. The summed E-state index contributed by atoms with van der Waals surface area (Å²) in [6.45, 7) is 0. The minimum absolute atomic E-state index is 0.938. The van der Waals surface area contributed by atoms with Gasteiger partial charge in [-0.2, -0.15) is 5.26 Å². The maximum absolute atomic E-state index is 8.30. The fourth-order valence-corrected chi connectivity index (χ4v) is 0.688. The van der Waals surface area contributed by atoms with E-state index in [0.29, 0.717) is 0 Å². The van der Waals surface area contributed by atoms with Crippen LogP contribution < -0.4 is 0 Å². The number of nitrogens with zero attached hydrogens (tertiary/aromatic N) is 1. The SMILES string of the molecule is N#CC=C1C=CC=CC=C1. The fraction of sp³-hybridized carbons (Fsp3) is 0. The van der Waals surface area contributed by atoms with Gasteiger partial charge in [0.05, 0.1) is 6.07 Å². The molecule has 0 saturated heterocycles. The second-order valence-electron chi connectivity index (χ2n) is 1.88. The van der Waals surface area contributed by atoms with Crippen LogP contribution in [0.1, 0.15) is 0 Å². The first kappa shape index (κ1) is 6.57. The van der Waals surface area contributed by atoms with E-state index < -0.39 is 0 Å². The maximum atomic E-state index is 8.30. The first-order chi connectivity index (χ1) is 4.93. The summed E-state index contributed by atoms with van der Waals surface area (Å²) in [5.41, 5.74) is 0.938. The minimum Gasteiger partial charge on any atom is -0.193 e. The lowest BCUT2D eigenvalue weighted by Gasteiger charge is -1.83. The van der Waals surface area contributed by atoms with E-state index in [-0.39, 0.29) is 0 Å².